The van der Waals surface area contributed by atoms with Crippen LogP contribution in [-0.4, -0.2) is 47.8 Å². The second-order valence-corrected chi connectivity index (χ2v) is 7.47. The molecule has 1 aliphatic carbocycles. The Labute approximate surface area is 187 Å². The molecule has 0 aromatic heterocycles. The van der Waals surface area contributed by atoms with E-state index in [9.17, 15) is 9.59 Å². The van der Waals surface area contributed by atoms with E-state index in [-0.39, 0.29) is 35.2 Å². The lowest BCUT2D eigenvalue weighted by atomic mass is 10.0. The van der Waals surface area contributed by atoms with Gasteiger partial charge in [-0.25, -0.2) is 0 Å². The molecule has 1 aliphatic heterocycles. The summed E-state index contributed by atoms with van der Waals surface area (Å²) in [6, 6.07) is 6.77. The van der Waals surface area contributed by atoms with E-state index in [4.69, 9.17) is 21.9 Å². The van der Waals surface area contributed by atoms with Gasteiger partial charge in [0.25, 0.3) is 11.8 Å². The van der Waals surface area contributed by atoms with Crippen molar-refractivity contribution in [2.45, 2.75) is 31.9 Å². The summed E-state index contributed by atoms with van der Waals surface area (Å²) in [6.45, 7) is 2.50. The van der Waals surface area contributed by atoms with Gasteiger partial charge in [-0.1, -0.05) is 24.1 Å². The second kappa shape index (κ2) is 10.4. The standard InChI is InChI=1S/C24H27N5O3/c1-2-6-20(30)29-14-13-17(15-29)28-23(26)21(24(27)31)22(25)16-9-11-19(12-10-16)32-18-7-4-3-5-8-18/h3-5,7,9-12,17-18H,8,13-15,25H2,1H3,(H2,26,28)(H2,27,31). The zero-order valence-electron chi connectivity index (χ0n) is 18.0. The number of carbonyl (C=O) groups is 2. The first-order valence-corrected chi connectivity index (χ1v) is 10.3. The molecule has 6 N–H and O–H groups in total. The molecule has 8 nitrogen and oxygen atoms in total. The molecule has 1 aromatic carbocycles. The Bertz CT molecular complexity index is 1060. The molecule has 166 valence electrons. The van der Waals surface area contributed by atoms with E-state index in [0.29, 0.717) is 30.8 Å². The van der Waals surface area contributed by atoms with Crippen molar-refractivity contribution in [1.29, 1.82) is 0 Å². The maximum Gasteiger partial charge on any atom is 0.298 e. The summed E-state index contributed by atoms with van der Waals surface area (Å²) in [5.41, 5.74) is 18.6. The highest BCUT2D eigenvalue weighted by molar-refractivity contribution is 6.24. The Hall–Kier alpha value is -3.99. The number of benzene rings is 1. The number of aliphatic imine (C=N–C) groups is 1. The minimum absolute atomic E-state index is 0.0242. The number of amidine groups is 1. The van der Waals surface area contributed by atoms with Crippen LogP contribution < -0.4 is 21.9 Å². The third-order valence-corrected chi connectivity index (χ3v) is 5.17. The van der Waals surface area contributed by atoms with Gasteiger partial charge in [0.1, 0.15) is 23.3 Å². The molecule has 0 saturated carbocycles. The van der Waals surface area contributed by atoms with Crippen molar-refractivity contribution in [3.63, 3.8) is 0 Å². The van der Waals surface area contributed by atoms with Gasteiger partial charge in [-0.2, -0.15) is 0 Å². The molecule has 1 fully saturated rings. The Morgan fingerprint density at radius 3 is 2.53 bits per heavy atom. The number of carbonyl (C=O) groups excluding carboxylic acids is 2. The lowest BCUT2D eigenvalue weighted by Crippen LogP contribution is -2.32. The quantitative estimate of drug-likeness (QED) is 0.267. The molecule has 32 heavy (non-hydrogen) atoms. The summed E-state index contributed by atoms with van der Waals surface area (Å²) in [5.74, 6) is 4.71. The summed E-state index contributed by atoms with van der Waals surface area (Å²) >= 11 is 0. The number of nitrogens with zero attached hydrogens (tertiary/aromatic N) is 2. The number of hydrogen-bond acceptors (Lipinski definition) is 5. The highest BCUT2D eigenvalue weighted by atomic mass is 16.5. The van der Waals surface area contributed by atoms with E-state index < -0.39 is 5.91 Å². The monoisotopic (exact) mass is 433 g/mol. The molecular formula is C24H27N5O3. The molecule has 0 radical (unpaired) electrons. The van der Waals surface area contributed by atoms with Gasteiger partial charge in [-0.3, -0.25) is 14.6 Å². The predicted octanol–water partition coefficient (Wildman–Crippen LogP) is 1.09. The van der Waals surface area contributed by atoms with Crippen molar-refractivity contribution in [2.24, 2.45) is 22.2 Å². The van der Waals surface area contributed by atoms with Crippen molar-refractivity contribution < 1.29 is 14.3 Å². The lowest BCUT2D eigenvalue weighted by Gasteiger charge is -2.16. The fourth-order valence-corrected chi connectivity index (χ4v) is 3.55. The first-order valence-electron chi connectivity index (χ1n) is 10.3. The number of amides is 2. The van der Waals surface area contributed by atoms with Crippen LogP contribution in [0.5, 0.6) is 5.75 Å². The summed E-state index contributed by atoms with van der Waals surface area (Å²) < 4.78 is 5.90. The van der Waals surface area contributed by atoms with E-state index in [1.54, 1.807) is 36.1 Å². The average Bonchev–Trinajstić information content (AvgIpc) is 3.23. The Balaban J connectivity index is 1.76. The summed E-state index contributed by atoms with van der Waals surface area (Å²) in [7, 11) is 0. The first kappa shape index (κ1) is 22.7. The number of allylic oxidation sites excluding steroid dienone is 2. The molecule has 0 spiro atoms. The molecular weight excluding hydrogens is 406 g/mol. The van der Waals surface area contributed by atoms with Gasteiger partial charge in [0, 0.05) is 19.5 Å². The number of likely N-dealkylation sites (tertiary alicyclic amines) is 1. The summed E-state index contributed by atoms with van der Waals surface area (Å²) in [5, 5.41) is 0. The molecule has 2 aliphatic rings. The minimum Gasteiger partial charge on any atom is -0.486 e. The summed E-state index contributed by atoms with van der Waals surface area (Å²) in [4.78, 5) is 30.0. The third kappa shape index (κ3) is 5.58. The van der Waals surface area contributed by atoms with Crippen LogP contribution in [0.4, 0.5) is 0 Å². The van der Waals surface area contributed by atoms with Gasteiger partial charge in [0.15, 0.2) is 0 Å². The number of hydrogen-bond donors (Lipinski definition) is 3. The van der Waals surface area contributed by atoms with Crippen LogP contribution in [-0.2, 0) is 9.59 Å². The van der Waals surface area contributed by atoms with Gasteiger partial charge < -0.3 is 26.8 Å². The van der Waals surface area contributed by atoms with Crippen LogP contribution >= 0.6 is 0 Å². The maximum absolute atomic E-state index is 12.1. The SMILES string of the molecule is CC#CC(=O)N1CCC(N=C(N)C(C(N)=O)=C(N)c2ccc(OC3C=CC=CC3)cc2)C1. The highest BCUT2D eigenvalue weighted by Crippen LogP contribution is 2.22. The first-order chi connectivity index (χ1) is 15.4. The molecule has 2 atom stereocenters. The van der Waals surface area contributed by atoms with E-state index in [1.165, 1.54) is 0 Å². The lowest BCUT2D eigenvalue weighted by molar-refractivity contribution is -0.124. The van der Waals surface area contributed by atoms with Gasteiger partial charge >= 0.3 is 0 Å². The minimum atomic E-state index is -0.772. The van der Waals surface area contributed by atoms with Crippen molar-refractivity contribution in [3.05, 3.63) is 59.7 Å². The number of nitrogens with two attached hydrogens (primary N) is 3. The topological polar surface area (TPSA) is 137 Å². The Morgan fingerprint density at radius 2 is 1.91 bits per heavy atom. The number of rotatable bonds is 6. The fraction of sp³-hybridized carbons (Fsp3) is 0.292. The Morgan fingerprint density at radius 1 is 1.16 bits per heavy atom. The van der Waals surface area contributed by atoms with Crippen molar-refractivity contribution in [1.82, 2.24) is 4.90 Å². The van der Waals surface area contributed by atoms with Crippen LogP contribution in [0, 0.1) is 11.8 Å². The van der Waals surface area contributed by atoms with E-state index >= 15 is 0 Å². The van der Waals surface area contributed by atoms with Gasteiger partial charge in [0.05, 0.1) is 11.7 Å². The van der Waals surface area contributed by atoms with Crippen molar-refractivity contribution in [2.75, 3.05) is 13.1 Å². The second-order valence-electron chi connectivity index (χ2n) is 7.47. The fourth-order valence-electron chi connectivity index (χ4n) is 3.55. The highest BCUT2D eigenvalue weighted by Gasteiger charge is 2.26. The van der Waals surface area contributed by atoms with Crippen molar-refractivity contribution >= 4 is 23.3 Å². The van der Waals surface area contributed by atoms with Gasteiger partial charge in [0.2, 0.25) is 0 Å². The Kier molecular flexibility index (Phi) is 7.34. The van der Waals surface area contributed by atoms with Crippen LogP contribution in [0.25, 0.3) is 5.70 Å². The average molecular weight is 434 g/mol. The van der Waals surface area contributed by atoms with Crippen molar-refractivity contribution in [3.8, 4) is 17.6 Å². The zero-order chi connectivity index (χ0) is 23.1. The zero-order valence-corrected chi connectivity index (χ0v) is 18.0. The number of primary amides is 1. The van der Waals surface area contributed by atoms with Crippen LogP contribution in [0.15, 0.2) is 59.1 Å². The molecule has 8 heteroatoms. The van der Waals surface area contributed by atoms with E-state index in [2.05, 4.69) is 16.8 Å². The third-order valence-electron chi connectivity index (χ3n) is 5.17. The summed E-state index contributed by atoms with van der Waals surface area (Å²) in [6.07, 6.45) is 9.33. The molecule has 3 rings (SSSR count). The molecule has 2 unspecified atom stereocenters. The largest absolute Gasteiger partial charge is 0.486 e. The molecule has 0 bridgehead atoms. The molecule has 1 saturated heterocycles. The maximum atomic E-state index is 12.1. The molecule has 1 aromatic rings. The molecule has 1 heterocycles. The smallest absolute Gasteiger partial charge is 0.298 e. The number of ether oxygens (including phenoxy) is 1. The molecule has 2 amide bonds. The normalized spacial score (nSPS) is 20.9. The van der Waals surface area contributed by atoms with E-state index in [0.717, 1.165) is 6.42 Å². The van der Waals surface area contributed by atoms with Crippen LogP contribution in [0.2, 0.25) is 0 Å². The predicted molar refractivity (Wildman–Crippen MR) is 124 cm³/mol. The van der Waals surface area contributed by atoms with Gasteiger partial charge in [-0.05, 0) is 55.2 Å². The van der Waals surface area contributed by atoms with E-state index in [1.807, 2.05) is 24.3 Å². The van der Waals surface area contributed by atoms with Gasteiger partial charge in [-0.15, -0.1) is 0 Å². The van der Waals surface area contributed by atoms with Crippen LogP contribution in [0.1, 0.15) is 25.3 Å². The van der Waals surface area contributed by atoms with Crippen LogP contribution in [0.3, 0.4) is 0 Å².